The highest BCUT2D eigenvalue weighted by molar-refractivity contribution is 5.96. The molecule has 2 aromatic rings. The van der Waals surface area contributed by atoms with Crippen molar-refractivity contribution in [1.82, 2.24) is 15.3 Å². The summed E-state index contributed by atoms with van der Waals surface area (Å²) in [5.74, 6) is -2.62. The van der Waals surface area contributed by atoms with Crippen molar-refractivity contribution in [3.8, 4) is 0 Å². The molecule has 7 N–H and O–H groups in total. The number of carboxylic acids is 2. The molecule has 0 fully saturated rings. The number of nitrogens with two attached hydrogens (primary N) is 2. The Labute approximate surface area is 189 Å². The van der Waals surface area contributed by atoms with E-state index in [0.29, 0.717) is 17.8 Å². The molecule has 0 radical (unpaired) electrons. The highest BCUT2D eigenvalue weighted by atomic mass is 19.1. The summed E-state index contributed by atoms with van der Waals surface area (Å²) in [5, 5.41) is 20.2. The van der Waals surface area contributed by atoms with Gasteiger partial charge < -0.3 is 27.0 Å². The van der Waals surface area contributed by atoms with Crippen LogP contribution < -0.4 is 16.8 Å². The molecule has 3 rings (SSSR count). The Morgan fingerprint density at radius 2 is 1.82 bits per heavy atom. The normalized spacial score (nSPS) is 16.6. The number of aliphatic carboxylic acids is 2. The predicted octanol–water partition coefficient (Wildman–Crippen LogP) is 2.21. The highest BCUT2D eigenvalue weighted by Gasteiger charge is 2.28. The minimum absolute atomic E-state index is 0.0580. The van der Waals surface area contributed by atoms with Crippen LogP contribution in [0.1, 0.15) is 71.4 Å². The zero-order valence-corrected chi connectivity index (χ0v) is 17.8. The van der Waals surface area contributed by atoms with Crippen molar-refractivity contribution in [3.05, 3.63) is 46.6 Å². The maximum absolute atomic E-state index is 14.8. The molecule has 176 valence electrons. The quantitative estimate of drug-likeness (QED) is 0.356. The maximum Gasteiger partial charge on any atom is 0.326 e. The van der Waals surface area contributed by atoms with Crippen LogP contribution in [0, 0.1) is 0 Å². The number of aryl methyl sites for hydroxylation is 1. The standard InChI is InChI=1S/C22H26FN5O5/c23-14(7-5-12-6-8-15-18(12)19(24)28-22(25)27-15)11-1-3-13(4-2-11)20(31)26-16(21(32)33)9-10-17(29)30/h1-4,12,14,16H,5-10H2,(H,26,31)(H,29,30)(H,32,33)(H4,24,25,27,28)/t12?,14?,16-/m0/s1. The van der Waals surface area contributed by atoms with Crippen molar-refractivity contribution < 1.29 is 29.0 Å². The first-order valence-corrected chi connectivity index (χ1v) is 10.6. The maximum atomic E-state index is 14.8. The molecule has 1 aliphatic carbocycles. The number of alkyl halides is 1. The number of nitrogens with zero attached hydrogens (tertiary/aromatic N) is 2. The van der Waals surface area contributed by atoms with Gasteiger partial charge in [-0.2, -0.15) is 4.98 Å². The number of hydrogen-bond donors (Lipinski definition) is 5. The van der Waals surface area contributed by atoms with Gasteiger partial charge in [-0.3, -0.25) is 9.59 Å². The van der Waals surface area contributed by atoms with Gasteiger partial charge in [0.15, 0.2) is 0 Å². The average Bonchev–Trinajstić information content (AvgIpc) is 3.17. The van der Waals surface area contributed by atoms with Crippen LogP contribution in [0.25, 0.3) is 0 Å². The fourth-order valence-electron chi connectivity index (χ4n) is 4.06. The Morgan fingerprint density at radius 3 is 2.45 bits per heavy atom. The Morgan fingerprint density at radius 1 is 1.12 bits per heavy atom. The third-order valence-electron chi connectivity index (χ3n) is 5.76. The van der Waals surface area contributed by atoms with Crippen LogP contribution in [0.5, 0.6) is 0 Å². The SMILES string of the molecule is Nc1nc(N)c2c(n1)CCC2CCC(F)c1ccc(C(=O)N[C@@H](CCC(=O)O)C(=O)O)cc1. The molecule has 0 aliphatic heterocycles. The molecule has 1 aromatic heterocycles. The zero-order valence-electron chi connectivity index (χ0n) is 17.8. The fourth-order valence-corrected chi connectivity index (χ4v) is 4.06. The number of carboxylic acid groups (broad SMARTS) is 2. The number of hydrogen-bond acceptors (Lipinski definition) is 7. The van der Waals surface area contributed by atoms with E-state index < -0.39 is 36.5 Å². The van der Waals surface area contributed by atoms with Gasteiger partial charge in [0.25, 0.3) is 5.91 Å². The van der Waals surface area contributed by atoms with E-state index in [2.05, 4.69) is 15.3 Å². The van der Waals surface area contributed by atoms with E-state index in [9.17, 15) is 18.8 Å². The lowest BCUT2D eigenvalue weighted by atomic mass is 9.94. The minimum Gasteiger partial charge on any atom is -0.481 e. The summed E-state index contributed by atoms with van der Waals surface area (Å²) in [6.45, 7) is 0. The molecule has 1 aromatic carbocycles. The van der Waals surface area contributed by atoms with Crippen molar-refractivity contribution in [3.63, 3.8) is 0 Å². The molecule has 33 heavy (non-hydrogen) atoms. The molecule has 0 saturated heterocycles. The molecule has 0 bridgehead atoms. The summed E-state index contributed by atoms with van der Waals surface area (Å²) in [7, 11) is 0. The third kappa shape index (κ3) is 5.93. The van der Waals surface area contributed by atoms with Crippen molar-refractivity contribution in [1.29, 1.82) is 0 Å². The Bertz CT molecular complexity index is 1050. The van der Waals surface area contributed by atoms with Crippen LogP contribution in [0.3, 0.4) is 0 Å². The predicted molar refractivity (Wildman–Crippen MR) is 117 cm³/mol. The van der Waals surface area contributed by atoms with Crippen molar-refractivity contribution in [2.24, 2.45) is 0 Å². The molecule has 1 heterocycles. The Hall–Kier alpha value is -3.76. The summed E-state index contributed by atoms with van der Waals surface area (Å²) in [6.07, 6.45) is 0.430. The number of nitrogen functional groups attached to an aromatic ring is 2. The van der Waals surface area contributed by atoms with Gasteiger partial charge in [0.1, 0.15) is 18.0 Å². The molecule has 3 atom stereocenters. The van der Waals surface area contributed by atoms with Crippen molar-refractivity contribution >= 4 is 29.6 Å². The molecular weight excluding hydrogens is 433 g/mol. The van der Waals surface area contributed by atoms with Gasteiger partial charge in [0.05, 0.1) is 5.69 Å². The molecule has 0 saturated carbocycles. The van der Waals surface area contributed by atoms with Gasteiger partial charge in [0, 0.05) is 17.5 Å². The van der Waals surface area contributed by atoms with Crippen LogP contribution in [0.15, 0.2) is 24.3 Å². The zero-order chi connectivity index (χ0) is 24.1. The lowest BCUT2D eigenvalue weighted by Gasteiger charge is -2.16. The number of fused-ring (bicyclic) bond motifs is 1. The molecule has 2 unspecified atom stereocenters. The number of rotatable bonds is 10. The van der Waals surface area contributed by atoms with Gasteiger partial charge >= 0.3 is 11.9 Å². The van der Waals surface area contributed by atoms with E-state index in [-0.39, 0.29) is 30.3 Å². The largest absolute Gasteiger partial charge is 0.481 e. The summed E-state index contributed by atoms with van der Waals surface area (Å²) in [4.78, 5) is 42.4. The summed E-state index contributed by atoms with van der Waals surface area (Å²) in [6, 6.07) is 4.45. The molecule has 10 nitrogen and oxygen atoms in total. The van der Waals surface area contributed by atoms with Gasteiger partial charge in [-0.25, -0.2) is 14.2 Å². The summed E-state index contributed by atoms with van der Waals surface area (Å²) in [5.41, 5.74) is 13.8. The second-order valence-electron chi connectivity index (χ2n) is 8.03. The van der Waals surface area contributed by atoms with E-state index >= 15 is 0 Å². The fraction of sp³-hybridized carbons (Fsp3) is 0.409. The van der Waals surface area contributed by atoms with Crippen LogP contribution in [-0.2, 0) is 16.0 Å². The Balaban J connectivity index is 1.57. The van der Waals surface area contributed by atoms with E-state index in [1.54, 1.807) is 0 Å². The van der Waals surface area contributed by atoms with E-state index in [0.717, 1.165) is 24.1 Å². The number of halogens is 1. The minimum atomic E-state index is -1.33. The second-order valence-corrected chi connectivity index (χ2v) is 8.03. The first-order valence-electron chi connectivity index (χ1n) is 10.6. The third-order valence-corrected chi connectivity index (χ3v) is 5.76. The number of aromatic nitrogens is 2. The number of benzene rings is 1. The smallest absolute Gasteiger partial charge is 0.326 e. The van der Waals surface area contributed by atoms with Crippen LogP contribution in [0.4, 0.5) is 16.2 Å². The van der Waals surface area contributed by atoms with Crippen molar-refractivity contribution in [2.45, 2.75) is 56.7 Å². The number of carbonyl (C=O) groups is 3. The topological polar surface area (TPSA) is 182 Å². The van der Waals surface area contributed by atoms with E-state index in [1.165, 1.54) is 24.3 Å². The van der Waals surface area contributed by atoms with Gasteiger partial charge in [0.2, 0.25) is 5.95 Å². The molecule has 0 spiro atoms. The molecule has 1 aliphatic rings. The molecule has 1 amide bonds. The van der Waals surface area contributed by atoms with Gasteiger partial charge in [-0.1, -0.05) is 12.1 Å². The first-order chi connectivity index (χ1) is 15.7. The first kappa shape index (κ1) is 23.9. The van der Waals surface area contributed by atoms with Crippen molar-refractivity contribution in [2.75, 3.05) is 11.5 Å². The van der Waals surface area contributed by atoms with Crippen LogP contribution in [-0.4, -0.2) is 44.1 Å². The summed E-state index contributed by atoms with van der Waals surface area (Å²) < 4.78 is 14.8. The number of nitrogens with one attached hydrogen (secondary N) is 1. The van der Waals surface area contributed by atoms with Gasteiger partial charge in [-0.05, 0) is 55.7 Å². The second kappa shape index (κ2) is 10.2. The van der Waals surface area contributed by atoms with Crippen LogP contribution >= 0.6 is 0 Å². The van der Waals surface area contributed by atoms with Gasteiger partial charge in [-0.15, -0.1) is 0 Å². The Kier molecular flexibility index (Phi) is 7.41. The molecule has 11 heteroatoms. The number of anilines is 2. The molecular formula is C22H26FN5O5. The summed E-state index contributed by atoms with van der Waals surface area (Å²) >= 11 is 0. The number of carbonyl (C=O) groups excluding carboxylic acids is 1. The van der Waals surface area contributed by atoms with Crippen LogP contribution in [0.2, 0.25) is 0 Å². The monoisotopic (exact) mass is 459 g/mol. The highest BCUT2D eigenvalue weighted by Crippen LogP contribution is 2.40. The average molecular weight is 459 g/mol. The lowest BCUT2D eigenvalue weighted by Crippen LogP contribution is -2.41. The van der Waals surface area contributed by atoms with E-state index in [4.69, 9.17) is 21.7 Å². The number of amides is 1. The van der Waals surface area contributed by atoms with E-state index in [1.807, 2.05) is 0 Å². The lowest BCUT2D eigenvalue weighted by molar-refractivity contribution is -0.140.